The summed E-state index contributed by atoms with van der Waals surface area (Å²) in [6, 6.07) is 6.23. The van der Waals surface area contributed by atoms with Gasteiger partial charge in [0.1, 0.15) is 0 Å². The van der Waals surface area contributed by atoms with Gasteiger partial charge in [-0.2, -0.15) is 0 Å². The van der Waals surface area contributed by atoms with Gasteiger partial charge in [-0.25, -0.2) is 0 Å². The molecule has 2 aromatic heterocycles. The van der Waals surface area contributed by atoms with Crippen molar-refractivity contribution in [1.29, 1.82) is 0 Å². The lowest BCUT2D eigenvalue weighted by atomic mass is 10.2. The first-order valence-electron chi connectivity index (χ1n) is 5.43. The summed E-state index contributed by atoms with van der Waals surface area (Å²) < 4.78 is 2.29. The van der Waals surface area contributed by atoms with Crippen molar-refractivity contribution in [2.75, 3.05) is 17.2 Å². The normalized spacial score (nSPS) is 14.9. The third-order valence-electron chi connectivity index (χ3n) is 3.06. The standard InChI is InChI=1S/C12H14N4/c13-11-8-14-4-3-12(11)16-7-6-15-5-1-2-10(15)9-16/h1-5,8H,6-7,9,13H2. The SMILES string of the molecule is Nc1cnccc1N1CCn2cccc2C1. The predicted molar refractivity (Wildman–Crippen MR) is 64.1 cm³/mol. The Morgan fingerprint density at radius 3 is 3.06 bits per heavy atom. The first-order valence-corrected chi connectivity index (χ1v) is 5.43. The van der Waals surface area contributed by atoms with Crippen LogP contribution in [0, 0.1) is 0 Å². The molecule has 0 aliphatic carbocycles. The summed E-state index contributed by atoms with van der Waals surface area (Å²) in [5.41, 5.74) is 9.11. The van der Waals surface area contributed by atoms with Gasteiger partial charge in [0.2, 0.25) is 0 Å². The zero-order valence-corrected chi connectivity index (χ0v) is 9.00. The Morgan fingerprint density at radius 2 is 2.19 bits per heavy atom. The Bertz CT molecular complexity index is 503. The third-order valence-corrected chi connectivity index (χ3v) is 3.06. The minimum absolute atomic E-state index is 0.752. The summed E-state index contributed by atoms with van der Waals surface area (Å²) in [6.45, 7) is 2.93. The van der Waals surface area contributed by atoms with E-state index in [0.717, 1.165) is 31.0 Å². The second kappa shape index (κ2) is 3.56. The number of rotatable bonds is 1. The molecule has 2 aromatic rings. The van der Waals surface area contributed by atoms with E-state index in [2.05, 4.69) is 32.8 Å². The summed E-state index contributed by atoms with van der Waals surface area (Å²) in [5, 5.41) is 0. The van der Waals surface area contributed by atoms with Gasteiger partial charge in [-0.05, 0) is 18.2 Å². The Balaban J connectivity index is 1.92. The van der Waals surface area contributed by atoms with Gasteiger partial charge in [0.15, 0.2) is 0 Å². The monoisotopic (exact) mass is 214 g/mol. The number of nitrogens with zero attached hydrogens (tertiary/aromatic N) is 3. The molecule has 0 amide bonds. The average molecular weight is 214 g/mol. The molecule has 3 rings (SSSR count). The van der Waals surface area contributed by atoms with Crippen LogP contribution in [0.3, 0.4) is 0 Å². The zero-order chi connectivity index (χ0) is 11.0. The number of anilines is 2. The highest BCUT2D eigenvalue weighted by molar-refractivity contribution is 5.66. The minimum Gasteiger partial charge on any atom is -0.396 e. The van der Waals surface area contributed by atoms with E-state index >= 15 is 0 Å². The summed E-state index contributed by atoms with van der Waals surface area (Å²) in [6.07, 6.45) is 5.63. The van der Waals surface area contributed by atoms with Crippen LogP contribution in [-0.2, 0) is 13.1 Å². The van der Waals surface area contributed by atoms with Gasteiger partial charge in [-0.15, -0.1) is 0 Å². The van der Waals surface area contributed by atoms with E-state index in [9.17, 15) is 0 Å². The molecule has 1 aliphatic rings. The molecule has 4 nitrogen and oxygen atoms in total. The van der Waals surface area contributed by atoms with E-state index in [0.29, 0.717) is 0 Å². The lowest BCUT2D eigenvalue weighted by Gasteiger charge is -2.31. The molecule has 4 heteroatoms. The largest absolute Gasteiger partial charge is 0.396 e. The highest BCUT2D eigenvalue weighted by atomic mass is 15.2. The van der Waals surface area contributed by atoms with Gasteiger partial charge in [-0.1, -0.05) is 0 Å². The summed E-state index contributed by atoms with van der Waals surface area (Å²) in [7, 11) is 0. The van der Waals surface area contributed by atoms with Crippen molar-refractivity contribution in [3.05, 3.63) is 42.5 Å². The summed E-state index contributed by atoms with van der Waals surface area (Å²) >= 11 is 0. The van der Waals surface area contributed by atoms with Crippen LogP contribution in [0.25, 0.3) is 0 Å². The van der Waals surface area contributed by atoms with Gasteiger partial charge < -0.3 is 15.2 Å². The maximum absolute atomic E-state index is 5.94. The Labute approximate surface area is 94.3 Å². The van der Waals surface area contributed by atoms with Crippen molar-refractivity contribution >= 4 is 11.4 Å². The molecule has 0 radical (unpaired) electrons. The first kappa shape index (κ1) is 9.27. The molecule has 0 fully saturated rings. The summed E-state index contributed by atoms with van der Waals surface area (Å²) in [4.78, 5) is 6.32. The Morgan fingerprint density at radius 1 is 1.25 bits per heavy atom. The van der Waals surface area contributed by atoms with E-state index in [1.807, 2.05) is 6.07 Å². The third kappa shape index (κ3) is 1.43. The average Bonchev–Trinajstić information content (AvgIpc) is 2.76. The van der Waals surface area contributed by atoms with Crippen LogP contribution in [0.5, 0.6) is 0 Å². The van der Waals surface area contributed by atoms with Crippen molar-refractivity contribution in [3.63, 3.8) is 0 Å². The van der Waals surface area contributed by atoms with Crippen LogP contribution in [0.1, 0.15) is 5.69 Å². The molecule has 1 aliphatic heterocycles. The maximum Gasteiger partial charge on any atom is 0.0738 e. The molecule has 0 spiro atoms. The van der Waals surface area contributed by atoms with Crippen molar-refractivity contribution in [2.45, 2.75) is 13.1 Å². The highest BCUT2D eigenvalue weighted by Gasteiger charge is 2.16. The van der Waals surface area contributed by atoms with Gasteiger partial charge in [-0.3, -0.25) is 4.98 Å². The fraction of sp³-hybridized carbons (Fsp3) is 0.250. The van der Waals surface area contributed by atoms with E-state index < -0.39 is 0 Å². The molecule has 0 saturated heterocycles. The van der Waals surface area contributed by atoms with E-state index in [1.54, 1.807) is 12.4 Å². The molecule has 16 heavy (non-hydrogen) atoms. The molecule has 2 N–H and O–H groups in total. The molecular weight excluding hydrogens is 200 g/mol. The Hall–Kier alpha value is -1.97. The van der Waals surface area contributed by atoms with Gasteiger partial charge >= 0.3 is 0 Å². The lowest BCUT2D eigenvalue weighted by Crippen LogP contribution is -2.33. The van der Waals surface area contributed by atoms with Crippen LogP contribution >= 0.6 is 0 Å². The first-order chi connectivity index (χ1) is 7.84. The number of hydrogen-bond acceptors (Lipinski definition) is 3. The second-order valence-electron chi connectivity index (χ2n) is 4.05. The van der Waals surface area contributed by atoms with Crippen LogP contribution in [0.2, 0.25) is 0 Å². The maximum atomic E-state index is 5.94. The Kier molecular flexibility index (Phi) is 2.06. The molecule has 3 heterocycles. The molecule has 0 bridgehead atoms. The number of fused-ring (bicyclic) bond motifs is 1. The van der Waals surface area contributed by atoms with Gasteiger partial charge in [0, 0.05) is 31.2 Å². The molecule has 82 valence electrons. The second-order valence-corrected chi connectivity index (χ2v) is 4.05. The van der Waals surface area contributed by atoms with Gasteiger partial charge in [0.05, 0.1) is 24.1 Å². The zero-order valence-electron chi connectivity index (χ0n) is 9.00. The van der Waals surface area contributed by atoms with E-state index in [1.165, 1.54) is 5.69 Å². The quantitative estimate of drug-likeness (QED) is 0.782. The minimum atomic E-state index is 0.752. The molecule has 0 unspecified atom stereocenters. The van der Waals surface area contributed by atoms with Crippen molar-refractivity contribution in [3.8, 4) is 0 Å². The molecule has 0 atom stereocenters. The topological polar surface area (TPSA) is 47.1 Å². The van der Waals surface area contributed by atoms with E-state index in [-0.39, 0.29) is 0 Å². The van der Waals surface area contributed by atoms with E-state index in [4.69, 9.17) is 5.73 Å². The summed E-state index contributed by atoms with van der Waals surface area (Å²) in [5.74, 6) is 0. The number of pyridine rings is 1. The fourth-order valence-corrected chi connectivity index (χ4v) is 2.21. The van der Waals surface area contributed by atoms with Crippen LogP contribution in [0.4, 0.5) is 11.4 Å². The smallest absolute Gasteiger partial charge is 0.0738 e. The van der Waals surface area contributed by atoms with Crippen LogP contribution in [0.15, 0.2) is 36.8 Å². The number of aromatic nitrogens is 2. The molecular formula is C12H14N4. The fourth-order valence-electron chi connectivity index (χ4n) is 2.21. The van der Waals surface area contributed by atoms with Crippen LogP contribution < -0.4 is 10.6 Å². The highest BCUT2D eigenvalue weighted by Crippen LogP contribution is 2.25. The number of nitrogen functional groups attached to an aromatic ring is 1. The number of nitrogens with two attached hydrogens (primary N) is 1. The van der Waals surface area contributed by atoms with Crippen molar-refractivity contribution in [1.82, 2.24) is 9.55 Å². The molecule has 0 saturated carbocycles. The lowest BCUT2D eigenvalue weighted by molar-refractivity contribution is 0.573. The predicted octanol–water partition coefficient (Wildman–Crippen LogP) is 1.49. The van der Waals surface area contributed by atoms with Crippen LogP contribution in [-0.4, -0.2) is 16.1 Å². The van der Waals surface area contributed by atoms with Crippen molar-refractivity contribution in [2.24, 2.45) is 0 Å². The number of hydrogen-bond donors (Lipinski definition) is 1. The van der Waals surface area contributed by atoms with Crippen molar-refractivity contribution < 1.29 is 0 Å². The van der Waals surface area contributed by atoms with Gasteiger partial charge in [0.25, 0.3) is 0 Å². The molecule has 0 aromatic carbocycles.